The normalized spacial score (nSPS) is 14.1. The summed E-state index contributed by atoms with van der Waals surface area (Å²) in [6.45, 7) is 5.13. The monoisotopic (exact) mass is 326 g/mol. The van der Waals surface area contributed by atoms with Gasteiger partial charge in [0, 0.05) is 11.6 Å². The van der Waals surface area contributed by atoms with Gasteiger partial charge in [-0.1, -0.05) is 12.1 Å². The molecular weight excluding hydrogens is 308 g/mol. The molecule has 0 aliphatic carbocycles. The van der Waals surface area contributed by atoms with Gasteiger partial charge in [0.05, 0.1) is 16.5 Å². The van der Waals surface area contributed by atoms with Crippen LogP contribution in [0.15, 0.2) is 40.7 Å². The molecule has 0 aliphatic heterocycles. The maximum atomic E-state index is 12.5. The van der Waals surface area contributed by atoms with Crippen LogP contribution in [0.1, 0.15) is 37.4 Å². The molecule has 5 nitrogen and oxygen atoms in total. The SMILES string of the molecule is CC(O)c1cccc(S(=O)(=O)NC(C)(C)c2nccs2)c1. The molecule has 0 fully saturated rings. The molecule has 1 aromatic heterocycles. The molecule has 1 heterocycles. The van der Waals surface area contributed by atoms with E-state index in [-0.39, 0.29) is 4.90 Å². The number of thiazole rings is 1. The van der Waals surface area contributed by atoms with Crippen LogP contribution in [0.5, 0.6) is 0 Å². The predicted octanol–water partition coefficient (Wildman–Crippen LogP) is 2.41. The highest BCUT2D eigenvalue weighted by molar-refractivity contribution is 7.89. The van der Waals surface area contributed by atoms with Gasteiger partial charge in [-0.15, -0.1) is 11.3 Å². The van der Waals surface area contributed by atoms with E-state index in [0.717, 1.165) is 0 Å². The molecular formula is C14H18N2O3S2. The first-order valence-corrected chi connectivity index (χ1v) is 8.80. The van der Waals surface area contributed by atoms with Crippen LogP contribution in [0.4, 0.5) is 0 Å². The average Bonchev–Trinajstić information content (AvgIpc) is 2.92. The summed E-state index contributed by atoms with van der Waals surface area (Å²) >= 11 is 1.40. The van der Waals surface area contributed by atoms with Gasteiger partial charge in [-0.25, -0.2) is 13.4 Å². The topological polar surface area (TPSA) is 79.3 Å². The van der Waals surface area contributed by atoms with Gasteiger partial charge in [-0.3, -0.25) is 0 Å². The van der Waals surface area contributed by atoms with E-state index >= 15 is 0 Å². The minimum absolute atomic E-state index is 0.130. The summed E-state index contributed by atoms with van der Waals surface area (Å²) in [5.74, 6) is 0. The van der Waals surface area contributed by atoms with Gasteiger partial charge in [0.25, 0.3) is 0 Å². The van der Waals surface area contributed by atoms with Crippen LogP contribution in [0.2, 0.25) is 0 Å². The minimum atomic E-state index is -3.69. The Balaban J connectivity index is 2.33. The molecule has 2 aromatic rings. The molecule has 1 unspecified atom stereocenters. The second kappa shape index (κ2) is 5.84. The van der Waals surface area contributed by atoms with E-state index in [1.54, 1.807) is 44.5 Å². The van der Waals surface area contributed by atoms with E-state index in [0.29, 0.717) is 10.6 Å². The fourth-order valence-corrected chi connectivity index (χ4v) is 4.13. The molecule has 2 N–H and O–H groups in total. The van der Waals surface area contributed by atoms with Crippen molar-refractivity contribution in [3.63, 3.8) is 0 Å². The molecule has 114 valence electrons. The lowest BCUT2D eigenvalue weighted by Gasteiger charge is -2.23. The molecule has 2 rings (SSSR count). The summed E-state index contributed by atoms with van der Waals surface area (Å²) in [4.78, 5) is 4.29. The van der Waals surface area contributed by atoms with Crippen molar-refractivity contribution < 1.29 is 13.5 Å². The van der Waals surface area contributed by atoms with Crippen molar-refractivity contribution in [3.8, 4) is 0 Å². The highest BCUT2D eigenvalue weighted by Crippen LogP contribution is 2.25. The maximum absolute atomic E-state index is 12.5. The number of aliphatic hydroxyl groups is 1. The van der Waals surface area contributed by atoms with E-state index in [1.165, 1.54) is 23.5 Å². The summed E-state index contributed by atoms with van der Waals surface area (Å²) in [5.41, 5.74) is -0.238. The minimum Gasteiger partial charge on any atom is -0.389 e. The quantitative estimate of drug-likeness (QED) is 0.884. The molecule has 1 atom stereocenters. The number of aliphatic hydroxyl groups excluding tert-OH is 1. The maximum Gasteiger partial charge on any atom is 0.241 e. The van der Waals surface area contributed by atoms with Gasteiger partial charge in [-0.2, -0.15) is 4.72 Å². The van der Waals surface area contributed by atoms with Crippen LogP contribution in [0.25, 0.3) is 0 Å². The Labute approximate surface area is 128 Å². The van der Waals surface area contributed by atoms with Gasteiger partial charge < -0.3 is 5.11 Å². The summed E-state index contributed by atoms with van der Waals surface area (Å²) in [6.07, 6.45) is 0.927. The highest BCUT2D eigenvalue weighted by Gasteiger charge is 2.30. The molecule has 0 radical (unpaired) electrons. The van der Waals surface area contributed by atoms with Crippen LogP contribution in [-0.2, 0) is 15.6 Å². The molecule has 21 heavy (non-hydrogen) atoms. The van der Waals surface area contributed by atoms with E-state index in [1.807, 2.05) is 0 Å². The third-order valence-corrected chi connectivity index (χ3v) is 5.76. The Morgan fingerprint density at radius 2 is 2.10 bits per heavy atom. The number of hydrogen-bond acceptors (Lipinski definition) is 5. The zero-order valence-corrected chi connectivity index (χ0v) is 13.7. The number of aromatic nitrogens is 1. The summed E-state index contributed by atoms with van der Waals surface area (Å²) < 4.78 is 27.7. The molecule has 7 heteroatoms. The molecule has 0 saturated carbocycles. The highest BCUT2D eigenvalue weighted by atomic mass is 32.2. The standard InChI is InChI=1S/C14H18N2O3S2/c1-10(17)11-5-4-6-12(9-11)21(18,19)16-14(2,3)13-15-7-8-20-13/h4-10,16-17H,1-3H3. The van der Waals surface area contributed by atoms with Crippen LogP contribution in [-0.4, -0.2) is 18.5 Å². The van der Waals surface area contributed by atoms with Gasteiger partial charge >= 0.3 is 0 Å². The second-order valence-electron chi connectivity index (χ2n) is 5.32. The van der Waals surface area contributed by atoms with Crippen LogP contribution in [0.3, 0.4) is 0 Å². The van der Waals surface area contributed by atoms with E-state index in [2.05, 4.69) is 9.71 Å². The number of rotatable bonds is 5. The van der Waals surface area contributed by atoms with Crippen molar-refractivity contribution in [1.82, 2.24) is 9.71 Å². The lowest BCUT2D eigenvalue weighted by Crippen LogP contribution is -2.40. The van der Waals surface area contributed by atoms with Crippen LogP contribution < -0.4 is 4.72 Å². The van der Waals surface area contributed by atoms with Crippen molar-refractivity contribution in [2.45, 2.75) is 37.3 Å². The second-order valence-corrected chi connectivity index (χ2v) is 7.89. The Hall–Kier alpha value is -1.28. The van der Waals surface area contributed by atoms with Crippen molar-refractivity contribution in [2.75, 3.05) is 0 Å². The van der Waals surface area contributed by atoms with Gasteiger partial charge in [0.15, 0.2) is 0 Å². The molecule has 0 amide bonds. The van der Waals surface area contributed by atoms with Crippen molar-refractivity contribution >= 4 is 21.4 Å². The Morgan fingerprint density at radius 1 is 1.38 bits per heavy atom. The van der Waals surface area contributed by atoms with E-state index < -0.39 is 21.7 Å². The Bertz CT molecular complexity index is 708. The van der Waals surface area contributed by atoms with Gasteiger partial charge in [-0.05, 0) is 38.5 Å². The molecule has 0 spiro atoms. The first-order valence-electron chi connectivity index (χ1n) is 6.44. The molecule has 0 saturated heterocycles. The average molecular weight is 326 g/mol. The van der Waals surface area contributed by atoms with Gasteiger partial charge in [0.1, 0.15) is 5.01 Å². The Morgan fingerprint density at radius 3 is 2.67 bits per heavy atom. The lowest BCUT2D eigenvalue weighted by molar-refractivity contribution is 0.199. The smallest absolute Gasteiger partial charge is 0.241 e. The molecule has 0 bridgehead atoms. The first-order chi connectivity index (χ1) is 9.72. The number of benzene rings is 1. The molecule has 1 aromatic carbocycles. The first kappa shape index (κ1) is 16.1. The van der Waals surface area contributed by atoms with Crippen molar-refractivity contribution in [2.24, 2.45) is 0 Å². The lowest BCUT2D eigenvalue weighted by atomic mass is 10.1. The van der Waals surface area contributed by atoms with Crippen LogP contribution in [0, 0.1) is 0 Å². The fourth-order valence-electron chi connectivity index (χ4n) is 1.91. The summed E-state index contributed by atoms with van der Waals surface area (Å²) in [7, 11) is -3.69. The largest absolute Gasteiger partial charge is 0.389 e. The Kier molecular flexibility index (Phi) is 4.48. The van der Waals surface area contributed by atoms with Crippen molar-refractivity contribution in [1.29, 1.82) is 0 Å². The fraction of sp³-hybridized carbons (Fsp3) is 0.357. The van der Waals surface area contributed by atoms with E-state index in [9.17, 15) is 13.5 Å². The summed E-state index contributed by atoms with van der Waals surface area (Å²) in [5, 5.41) is 12.1. The van der Waals surface area contributed by atoms with Crippen molar-refractivity contribution in [3.05, 3.63) is 46.4 Å². The van der Waals surface area contributed by atoms with Crippen LogP contribution >= 0.6 is 11.3 Å². The number of nitrogens with zero attached hydrogens (tertiary/aromatic N) is 1. The third-order valence-electron chi connectivity index (χ3n) is 3.01. The van der Waals surface area contributed by atoms with Gasteiger partial charge in [0.2, 0.25) is 10.0 Å². The number of nitrogens with one attached hydrogen (secondary N) is 1. The third kappa shape index (κ3) is 3.68. The number of hydrogen-bond donors (Lipinski definition) is 2. The van der Waals surface area contributed by atoms with E-state index in [4.69, 9.17) is 0 Å². The molecule has 0 aliphatic rings. The summed E-state index contributed by atoms with van der Waals surface area (Å²) in [6, 6.07) is 6.29. The zero-order chi connectivity index (χ0) is 15.7. The predicted molar refractivity (Wildman–Crippen MR) is 82.5 cm³/mol. The number of sulfonamides is 1. The zero-order valence-electron chi connectivity index (χ0n) is 12.1.